The minimum atomic E-state index is -0.952. The molecule has 2 aliphatic rings. The van der Waals surface area contributed by atoms with Gasteiger partial charge in [0.1, 0.15) is 30.5 Å². The molecule has 0 aliphatic carbocycles. The van der Waals surface area contributed by atoms with Crippen LogP contribution >= 0.6 is 0 Å². The van der Waals surface area contributed by atoms with Crippen molar-refractivity contribution in [3.05, 3.63) is 89.2 Å². The van der Waals surface area contributed by atoms with E-state index in [0.717, 1.165) is 41.3 Å². The zero-order chi connectivity index (χ0) is 25.0. The monoisotopic (exact) mass is 492 g/mol. The molecule has 0 atom stereocenters. The quantitative estimate of drug-likeness (QED) is 0.518. The Morgan fingerprint density at radius 3 is 2.61 bits per heavy atom. The molecule has 0 saturated carbocycles. The average molecular weight is 493 g/mol. The number of aliphatic hydroxyl groups excluding tert-OH is 1. The molecule has 0 radical (unpaired) electrons. The van der Waals surface area contributed by atoms with E-state index in [4.69, 9.17) is 14.6 Å². The number of piperidine rings is 1. The second-order valence-corrected chi connectivity index (χ2v) is 9.57. The Balaban J connectivity index is 1.28. The maximum absolute atomic E-state index is 14.2. The molecule has 3 aromatic rings. The second kappa shape index (κ2) is 10.9. The highest BCUT2D eigenvalue weighted by Crippen LogP contribution is 2.37. The van der Waals surface area contributed by atoms with E-state index in [-0.39, 0.29) is 19.0 Å². The Kier molecular flexibility index (Phi) is 7.41. The molecular weight excluding hydrogens is 459 g/mol. The number of halogens is 1. The first-order chi connectivity index (χ1) is 17.5. The normalized spacial score (nSPS) is 17.7. The number of ether oxygens (including phenoxy) is 2. The molecule has 7 heteroatoms. The summed E-state index contributed by atoms with van der Waals surface area (Å²) in [6, 6.07) is 20.8. The average Bonchev–Trinajstić information content (AvgIpc) is 3.10. The highest BCUT2D eigenvalue weighted by Gasteiger charge is 2.35. The second-order valence-electron chi connectivity index (χ2n) is 9.57. The molecule has 0 aromatic heterocycles. The first kappa shape index (κ1) is 24.6. The predicted molar refractivity (Wildman–Crippen MR) is 137 cm³/mol. The Morgan fingerprint density at radius 2 is 1.81 bits per heavy atom. The summed E-state index contributed by atoms with van der Waals surface area (Å²) in [7, 11) is 0. The van der Waals surface area contributed by atoms with Gasteiger partial charge in [0.25, 0.3) is 0 Å². The highest BCUT2D eigenvalue weighted by atomic mass is 19.1. The molecule has 2 aliphatic heterocycles. The van der Waals surface area contributed by atoms with E-state index in [9.17, 15) is 9.50 Å². The maximum atomic E-state index is 14.2. The molecule has 3 aromatic carbocycles. The summed E-state index contributed by atoms with van der Waals surface area (Å²) in [4.78, 5) is 4.34. The number of rotatable bonds is 7. The van der Waals surface area contributed by atoms with Crippen LogP contribution in [-0.2, 0) is 18.7 Å². The lowest BCUT2D eigenvalue weighted by Gasteiger charge is -2.40. The fourth-order valence-electron chi connectivity index (χ4n) is 5.14. The van der Waals surface area contributed by atoms with Gasteiger partial charge in [-0.3, -0.25) is 4.90 Å². The van der Waals surface area contributed by atoms with Gasteiger partial charge in [0.15, 0.2) is 0 Å². The number of aliphatic hydroxyl groups is 2. The van der Waals surface area contributed by atoms with Gasteiger partial charge in [0.2, 0.25) is 0 Å². The summed E-state index contributed by atoms with van der Waals surface area (Å²) >= 11 is 0. The Labute approximate surface area is 211 Å². The number of benzene rings is 3. The van der Waals surface area contributed by atoms with Crippen LogP contribution in [-0.4, -0.2) is 54.6 Å². The highest BCUT2D eigenvalue weighted by molar-refractivity contribution is 5.49. The van der Waals surface area contributed by atoms with Crippen LogP contribution in [0.4, 0.5) is 10.1 Å². The molecular formula is C29H33FN2O4. The third-order valence-corrected chi connectivity index (χ3v) is 7.11. The van der Waals surface area contributed by atoms with E-state index in [0.29, 0.717) is 44.8 Å². The van der Waals surface area contributed by atoms with Crippen LogP contribution in [0.15, 0.2) is 66.7 Å². The molecule has 190 valence electrons. The molecule has 2 N–H and O–H groups in total. The molecule has 0 unspecified atom stereocenters. The third-order valence-electron chi connectivity index (χ3n) is 7.11. The van der Waals surface area contributed by atoms with Gasteiger partial charge in [-0.2, -0.15) is 0 Å². The van der Waals surface area contributed by atoms with Crippen LogP contribution in [0, 0.1) is 5.82 Å². The van der Waals surface area contributed by atoms with Crippen molar-refractivity contribution in [3.8, 4) is 11.5 Å². The van der Waals surface area contributed by atoms with E-state index >= 15 is 0 Å². The van der Waals surface area contributed by atoms with Crippen molar-refractivity contribution < 1.29 is 24.1 Å². The number of para-hydroxylation sites is 1. The summed E-state index contributed by atoms with van der Waals surface area (Å²) in [5.74, 6) is 1.38. The van der Waals surface area contributed by atoms with Crippen LogP contribution in [0.1, 0.15) is 29.5 Å². The molecule has 0 amide bonds. The minimum absolute atomic E-state index is 0.0136. The minimum Gasteiger partial charge on any atom is -0.492 e. The van der Waals surface area contributed by atoms with Gasteiger partial charge in [-0.05, 0) is 60.4 Å². The van der Waals surface area contributed by atoms with E-state index < -0.39 is 5.60 Å². The van der Waals surface area contributed by atoms with E-state index in [1.165, 1.54) is 6.07 Å². The SMILES string of the molecule is OCCOc1cccc(CN2CCOc3ccc(C4(O)CCN(c5ccccc5F)CC4)cc3C2)c1. The lowest BCUT2D eigenvalue weighted by molar-refractivity contribution is 0.0115. The summed E-state index contributed by atoms with van der Waals surface area (Å²) in [5.41, 5.74) is 2.72. The maximum Gasteiger partial charge on any atom is 0.146 e. The van der Waals surface area contributed by atoms with Gasteiger partial charge in [-0.15, -0.1) is 0 Å². The van der Waals surface area contributed by atoms with Crippen molar-refractivity contribution in [1.82, 2.24) is 4.90 Å². The Hall–Kier alpha value is -3.13. The fourth-order valence-corrected chi connectivity index (χ4v) is 5.14. The van der Waals surface area contributed by atoms with Crippen LogP contribution in [0.2, 0.25) is 0 Å². The number of nitrogens with zero attached hydrogens (tertiary/aromatic N) is 2. The molecule has 6 nitrogen and oxygen atoms in total. The van der Waals surface area contributed by atoms with Crippen molar-refractivity contribution in [2.45, 2.75) is 31.5 Å². The molecule has 1 fully saturated rings. The van der Waals surface area contributed by atoms with Crippen molar-refractivity contribution in [3.63, 3.8) is 0 Å². The summed E-state index contributed by atoms with van der Waals surface area (Å²) in [6.07, 6.45) is 1.07. The van der Waals surface area contributed by atoms with Crippen LogP contribution in [0.3, 0.4) is 0 Å². The van der Waals surface area contributed by atoms with Crippen LogP contribution in [0.5, 0.6) is 11.5 Å². The van der Waals surface area contributed by atoms with Gasteiger partial charge in [-0.25, -0.2) is 4.39 Å². The summed E-state index contributed by atoms with van der Waals surface area (Å²) < 4.78 is 25.8. The topological polar surface area (TPSA) is 65.4 Å². The molecule has 0 bridgehead atoms. The molecule has 5 rings (SSSR count). The van der Waals surface area contributed by atoms with Crippen molar-refractivity contribution >= 4 is 5.69 Å². The van der Waals surface area contributed by atoms with Crippen molar-refractivity contribution in [2.75, 3.05) is 44.4 Å². The van der Waals surface area contributed by atoms with E-state index in [1.807, 2.05) is 41.3 Å². The number of hydrogen-bond donors (Lipinski definition) is 2. The third kappa shape index (κ3) is 5.48. The molecule has 0 spiro atoms. The Bertz CT molecular complexity index is 1180. The number of anilines is 1. The molecule has 1 saturated heterocycles. The number of fused-ring (bicyclic) bond motifs is 1. The first-order valence-electron chi connectivity index (χ1n) is 12.6. The standard InChI is InChI=1S/C29H33FN2O4/c30-26-6-1-2-7-27(26)32-12-10-29(34,11-13-32)24-8-9-28-23(19-24)21-31(14-16-36-28)20-22-4-3-5-25(18-22)35-17-15-33/h1-9,18-19,33-34H,10-17,20-21H2. The van der Waals surface area contributed by atoms with Gasteiger partial charge in [-0.1, -0.05) is 30.3 Å². The van der Waals surface area contributed by atoms with E-state index in [2.05, 4.69) is 17.0 Å². The molecule has 2 heterocycles. The lowest BCUT2D eigenvalue weighted by atomic mass is 9.83. The fraction of sp³-hybridized carbons (Fsp3) is 0.379. The van der Waals surface area contributed by atoms with Crippen molar-refractivity contribution in [2.24, 2.45) is 0 Å². The van der Waals surface area contributed by atoms with E-state index in [1.54, 1.807) is 12.1 Å². The first-order valence-corrected chi connectivity index (χ1v) is 12.6. The summed E-state index contributed by atoms with van der Waals surface area (Å²) in [6.45, 7) is 4.27. The van der Waals surface area contributed by atoms with Gasteiger partial charge in [0, 0.05) is 38.3 Å². The number of hydrogen-bond acceptors (Lipinski definition) is 6. The zero-order valence-electron chi connectivity index (χ0n) is 20.4. The zero-order valence-corrected chi connectivity index (χ0v) is 20.4. The largest absolute Gasteiger partial charge is 0.492 e. The van der Waals surface area contributed by atoms with Crippen molar-refractivity contribution in [1.29, 1.82) is 0 Å². The smallest absolute Gasteiger partial charge is 0.146 e. The molecule has 36 heavy (non-hydrogen) atoms. The van der Waals surface area contributed by atoms with Gasteiger partial charge < -0.3 is 24.6 Å². The lowest BCUT2D eigenvalue weighted by Crippen LogP contribution is -2.43. The van der Waals surface area contributed by atoms with Crippen LogP contribution in [0.25, 0.3) is 0 Å². The summed E-state index contributed by atoms with van der Waals surface area (Å²) in [5, 5.41) is 20.6. The Morgan fingerprint density at radius 1 is 0.972 bits per heavy atom. The predicted octanol–water partition coefficient (Wildman–Crippen LogP) is 4.08. The van der Waals surface area contributed by atoms with Gasteiger partial charge >= 0.3 is 0 Å². The van der Waals surface area contributed by atoms with Gasteiger partial charge in [0.05, 0.1) is 17.9 Å². The van der Waals surface area contributed by atoms with Crippen LogP contribution < -0.4 is 14.4 Å².